The maximum atomic E-state index is 12.6. The highest BCUT2D eigenvalue weighted by atomic mass is 35.5. The van der Waals surface area contributed by atoms with Crippen LogP contribution in [0.3, 0.4) is 0 Å². The molecular formula is C15H16ClN3O2. The van der Waals surface area contributed by atoms with Crippen molar-refractivity contribution < 1.29 is 9.53 Å². The van der Waals surface area contributed by atoms with E-state index in [1.54, 1.807) is 18.9 Å². The molecule has 6 heteroatoms. The summed E-state index contributed by atoms with van der Waals surface area (Å²) >= 11 is 6.14. The Morgan fingerprint density at radius 3 is 2.71 bits per heavy atom. The minimum Gasteiger partial charge on any atom is -0.361 e. The average molecular weight is 306 g/mol. The van der Waals surface area contributed by atoms with Crippen molar-refractivity contribution in [2.45, 2.75) is 26.4 Å². The lowest BCUT2D eigenvalue weighted by Crippen LogP contribution is -2.38. The molecule has 0 saturated carbocycles. The first-order chi connectivity index (χ1) is 9.90. The fourth-order valence-corrected chi connectivity index (χ4v) is 3.11. The third kappa shape index (κ3) is 1.84. The standard InChI is InChI=1S/C15H16ClN3O2/c1-5-21-15(3)11-6-9-8(2)17-18-13(16)10(9)7-12(11)19(4)14(15)20/h6-7H,5H2,1-4H3. The van der Waals surface area contributed by atoms with Gasteiger partial charge in [0.1, 0.15) is 0 Å². The van der Waals surface area contributed by atoms with Crippen molar-refractivity contribution in [1.29, 1.82) is 0 Å². The van der Waals surface area contributed by atoms with Crippen LogP contribution in [-0.2, 0) is 15.1 Å². The monoisotopic (exact) mass is 305 g/mol. The number of benzene rings is 1. The Kier molecular flexibility index (Phi) is 3.15. The van der Waals surface area contributed by atoms with Crippen LogP contribution in [0.2, 0.25) is 5.15 Å². The van der Waals surface area contributed by atoms with Crippen molar-refractivity contribution in [1.82, 2.24) is 10.2 Å². The number of carbonyl (C=O) groups excluding carboxylic acids is 1. The van der Waals surface area contributed by atoms with Crippen molar-refractivity contribution >= 4 is 34.0 Å². The lowest BCUT2D eigenvalue weighted by atomic mass is 9.95. The molecular weight excluding hydrogens is 290 g/mol. The SMILES string of the molecule is CCOC1(C)C(=O)N(C)c2cc3c(Cl)nnc(C)c3cc21. The van der Waals surface area contributed by atoms with Crippen LogP contribution in [0, 0.1) is 6.92 Å². The second-order valence-corrected chi connectivity index (χ2v) is 5.68. The molecule has 1 unspecified atom stereocenters. The molecule has 0 fully saturated rings. The summed E-state index contributed by atoms with van der Waals surface area (Å²) in [4.78, 5) is 14.2. The number of aryl methyl sites for hydroxylation is 1. The normalized spacial score (nSPS) is 21.2. The number of ether oxygens (including phenoxy) is 1. The Bertz CT molecular complexity index is 762. The number of amides is 1. The third-order valence-electron chi connectivity index (χ3n) is 4.06. The van der Waals surface area contributed by atoms with Crippen molar-refractivity contribution in [3.05, 3.63) is 28.5 Å². The molecule has 3 rings (SSSR count). The number of carbonyl (C=O) groups is 1. The smallest absolute Gasteiger partial charge is 0.263 e. The Hall–Kier alpha value is -1.72. The molecule has 1 aliphatic heterocycles. The number of likely N-dealkylation sites (N-methyl/N-ethyl adjacent to an activating group) is 1. The van der Waals surface area contributed by atoms with Crippen molar-refractivity contribution in [3.63, 3.8) is 0 Å². The fourth-order valence-electron chi connectivity index (χ4n) is 2.92. The van der Waals surface area contributed by atoms with Gasteiger partial charge in [-0.2, -0.15) is 5.10 Å². The molecule has 0 bridgehead atoms. The molecule has 2 aromatic rings. The zero-order valence-electron chi connectivity index (χ0n) is 12.4. The summed E-state index contributed by atoms with van der Waals surface area (Å²) in [7, 11) is 1.74. The first-order valence-electron chi connectivity index (χ1n) is 6.79. The van der Waals surface area contributed by atoms with Crippen LogP contribution >= 0.6 is 11.6 Å². The van der Waals surface area contributed by atoms with Crippen LogP contribution in [0.5, 0.6) is 0 Å². The Balaban J connectivity index is 2.36. The van der Waals surface area contributed by atoms with Gasteiger partial charge in [-0.05, 0) is 32.9 Å². The quantitative estimate of drug-likeness (QED) is 0.856. The lowest BCUT2D eigenvalue weighted by molar-refractivity contribution is -0.140. The molecule has 0 N–H and O–H groups in total. The molecule has 0 spiro atoms. The van der Waals surface area contributed by atoms with E-state index in [1.807, 2.05) is 26.0 Å². The second-order valence-electron chi connectivity index (χ2n) is 5.32. The zero-order chi connectivity index (χ0) is 15.4. The number of hydrogen-bond acceptors (Lipinski definition) is 4. The lowest BCUT2D eigenvalue weighted by Gasteiger charge is -2.23. The van der Waals surface area contributed by atoms with Crippen molar-refractivity contribution in [2.24, 2.45) is 0 Å². The van der Waals surface area contributed by atoms with Gasteiger partial charge in [-0.25, -0.2) is 0 Å². The molecule has 1 atom stereocenters. The second kappa shape index (κ2) is 4.64. The van der Waals surface area contributed by atoms with E-state index in [0.29, 0.717) is 11.8 Å². The molecule has 0 aliphatic carbocycles. The van der Waals surface area contributed by atoms with E-state index in [4.69, 9.17) is 16.3 Å². The van der Waals surface area contributed by atoms with Gasteiger partial charge in [-0.15, -0.1) is 5.10 Å². The number of hydrogen-bond donors (Lipinski definition) is 0. The van der Waals surface area contributed by atoms with E-state index in [2.05, 4.69) is 10.2 Å². The van der Waals surface area contributed by atoms with Crippen LogP contribution in [0.15, 0.2) is 12.1 Å². The summed E-state index contributed by atoms with van der Waals surface area (Å²) in [6, 6.07) is 3.83. The summed E-state index contributed by atoms with van der Waals surface area (Å²) < 4.78 is 5.76. The highest BCUT2D eigenvalue weighted by Crippen LogP contribution is 2.44. The Morgan fingerprint density at radius 1 is 1.33 bits per heavy atom. The van der Waals surface area contributed by atoms with Gasteiger partial charge >= 0.3 is 0 Å². The molecule has 0 saturated heterocycles. The summed E-state index contributed by atoms with van der Waals surface area (Å²) in [6.45, 7) is 6.02. The first-order valence-corrected chi connectivity index (χ1v) is 7.17. The molecule has 1 aromatic heterocycles. The van der Waals surface area contributed by atoms with E-state index in [-0.39, 0.29) is 5.91 Å². The van der Waals surface area contributed by atoms with E-state index in [1.165, 1.54) is 0 Å². The van der Waals surface area contributed by atoms with Gasteiger partial charge in [0.2, 0.25) is 0 Å². The van der Waals surface area contributed by atoms with E-state index < -0.39 is 5.60 Å². The molecule has 1 amide bonds. The maximum Gasteiger partial charge on any atom is 0.263 e. The number of nitrogens with zero attached hydrogens (tertiary/aromatic N) is 3. The summed E-state index contributed by atoms with van der Waals surface area (Å²) in [5.74, 6) is -0.0793. The molecule has 21 heavy (non-hydrogen) atoms. The van der Waals surface area contributed by atoms with E-state index in [0.717, 1.165) is 27.7 Å². The van der Waals surface area contributed by atoms with Crippen LogP contribution in [0.25, 0.3) is 10.8 Å². The Morgan fingerprint density at radius 2 is 2.05 bits per heavy atom. The molecule has 2 heterocycles. The molecule has 5 nitrogen and oxygen atoms in total. The van der Waals surface area contributed by atoms with Crippen LogP contribution in [-0.4, -0.2) is 29.8 Å². The van der Waals surface area contributed by atoms with Gasteiger partial charge in [0.15, 0.2) is 10.8 Å². The van der Waals surface area contributed by atoms with Crippen LogP contribution in [0.1, 0.15) is 25.1 Å². The zero-order valence-corrected chi connectivity index (χ0v) is 13.2. The highest BCUT2D eigenvalue weighted by Gasteiger charge is 2.47. The van der Waals surface area contributed by atoms with Gasteiger partial charge in [0.05, 0.1) is 11.4 Å². The van der Waals surface area contributed by atoms with Gasteiger partial charge in [-0.3, -0.25) is 4.79 Å². The largest absolute Gasteiger partial charge is 0.361 e. The Labute approximate surface area is 127 Å². The highest BCUT2D eigenvalue weighted by molar-refractivity contribution is 6.34. The fraction of sp³-hybridized carbons (Fsp3) is 0.400. The van der Waals surface area contributed by atoms with E-state index in [9.17, 15) is 4.79 Å². The number of rotatable bonds is 2. The summed E-state index contributed by atoms with van der Waals surface area (Å²) in [5.41, 5.74) is 1.46. The minimum atomic E-state index is -0.963. The minimum absolute atomic E-state index is 0.0793. The molecule has 110 valence electrons. The molecule has 0 radical (unpaired) electrons. The predicted molar refractivity (Wildman–Crippen MR) is 81.7 cm³/mol. The molecule has 1 aliphatic rings. The van der Waals surface area contributed by atoms with Gasteiger partial charge in [0, 0.05) is 30.0 Å². The number of fused-ring (bicyclic) bond motifs is 2. The van der Waals surface area contributed by atoms with Gasteiger partial charge in [-0.1, -0.05) is 11.6 Å². The predicted octanol–water partition coefficient (Wildman–Crippen LogP) is 2.82. The number of anilines is 1. The van der Waals surface area contributed by atoms with Crippen molar-refractivity contribution in [2.75, 3.05) is 18.6 Å². The van der Waals surface area contributed by atoms with Gasteiger partial charge < -0.3 is 9.64 Å². The molecule has 1 aromatic carbocycles. The van der Waals surface area contributed by atoms with E-state index >= 15 is 0 Å². The number of aromatic nitrogens is 2. The first kappa shape index (κ1) is 14.2. The summed E-state index contributed by atoms with van der Waals surface area (Å²) in [5, 5.41) is 10.00. The maximum absolute atomic E-state index is 12.6. The van der Waals surface area contributed by atoms with Crippen LogP contribution in [0.4, 0.5) is 5.69 Å². The topological polar surface area (TPSA) is 55.3 Å². The summed E-state index contributed by atoms with van der Waals surface area (Å²) in [6.07, 6.45) is 0. The van der Waals surface area contributed by atoms with Crippen molar-refractivity contribution in [3.8, 4) is 0 Å². The van der Waals surface area contributed by atoms with Gasteiger partial charge in [0.25, 0.3) is 5.91 Å². The number of halogens is 1. The average Bonchev–Trinajstić information content (AvgIpc) is 2.65. The van der Waals surface area contributed by atoms with Crippen LogP contribution < -0.4 is 4.90 Å². The third-order valence-corrected chi connectivity index (χ3v) is 4.34.